The summed E-state index contributed by atoms with van der Waals surface area (Å²) in [5, 5.41) is 18.6. The number of nitrogens with one attached hydrogen (secondary N) is 3. The molecule has 0 aromatic rings. The van der Waals surface area contributed by atoms with Gasteiger partial charge >= 0.3 is 6.03 Å². The molecule has 0 aromatic heterocycles. The molecule has 0 radical (unpaired) electrons. The molecule has 1 fully saturated rings. The molecule has 2 atom stereocenters. The van der Waals surface area contributed by atoms with Gasteiger partial charge in [0, 0.05) is 19.1 Å². The van der Waals surface area contributed by atoms with Gasteiger partial charge in [-0.3, -0.25) is 0 Å². The smallest absolute Gasteiger partial charge is 0.315 e. The number of rotatable bonds is 4. The molecular formula is C11H23N3O2. The van der Waals surface area contributed by atoms with Crippen molar-refractivity contribution in [2.75, 3.05) is 19.6 Å². The van der Waals surface area contributed by atoms with Gasteiger partial charge in [-0.2, -0.15) is 0 Å². The molecule has 2 unspecified atom stereocenters. The first-order valence-electron chi connectivity index (χ1n) is 5.90. The third-order valence-corrected chi connectivity index (χ3v) is 3.16. The van der Waals surface area contributed by atoms with E-state index in [9.17, 15) is 9.90 Å². The molecule has 0 aliphatic carbocycles. The summed E-state index contributed by atoms with van der Waals surface area (Å²) in [5.41, 5.74) is -0.779. The first-order chi connectivity index (χ1) is 7.43. The third-order valence-electron chi connectivity index (χ3n) is 3.16. The molecule has 1 heterocycles. The number of hydrogen-bond acceptors (Lipinski definition) is 3. The lowest BCUT2D eigenvalue weighted by atomic mass is 10.0. The second-order valence-electron chi connectivity index (χ2n) is 5.01. The minimum absolute atomic E-state index is 0.136. The summed E-state index contributed by atoms with van der Waals surface area (Å²) in [7, 11) is 0. The van der Waals surface area contributed by atoms with Gasteiger partial charge in [0.1, 0.15) is 0 Å². The van der Waals surface area contributed by atoms with Gasteiger partial charge in [0.15, 0.2) is 0 Å². The van der Waals surface area contributed by atoms with Crippen LogP contribution in [0.5, 0.6) is 0 Å². The van der Waals surface area contributed by atoms with Gasteiger partial charge in [0.25, 0.3) is 0 Å². The Morgan fingerprint density at radius 1 is 1.50 bits per heavy atom. The molecule has 1 rings (SSSR count). The number of hydrogen-bond donors (Lipinski definition) is 4. The predicted octanol–water partition coefficient (Wildman–Crippen LogP) is 0.0545. The highest BCUT2D eigenvalue weighted by Gasteiger charge is 2.31. The second kappa shape index (κ2) is 5.50. The normalized spacial score (nSPS) is 26.8. The summed E-state index contributed by atoms with van der Waals surface area (Å²) in [6, 6.07) is -0.0714. The number of carbonyl (C=O) groups is 1. The van der Waals surface area contributed by atoms with E-state index in [0.717, 1.165) is 6.54 Å². The second-order valence-corrected chi connectivity index (χ2v) is 5.01. The van der Waals surface area contributed by atoms with Crippen molar-refractivity contribution in [1.82, 2.24) is 16.0 Å². The van der Waals surface area contributed by atoms with Crippen LogP contribution in [0.2, 0.25) is 0 Å². The molecule has 16 heavy (non-hydrogen) atoms. The molecule has 2 amide bonds. The minimum atomic E-state index is -0.779. The quantitative estimate of drug-likeness (QED) is 0.550. The Morgan fingerprint density at radius 3 is 2.69 bits per heavy atom. The maximum absolute atomic E-state index is 11.5. The van der Waals surface area contributed by atoms with Crippen LogP contribution in [0.25, 0.3) is 0 Å². The summed E-state index contributed by atoms with van der Waals surface area (Å²) in [4.78, 5) is 11.5. The fourth-order valence-corrected chi connectivity index (χ4v) is 1.55. The van der Waals surface area contributed by atoms with Crippen LogP contribution in [0, 0.1) is 5.92 Å². The Morgan fingerprint density at radius 2 is 2.19 bits per heavy atom. The Balaban J connectivity index is 2.24. The van der Waals surface area contributed by atoms with Crippen LogP contribution in [-0.4, -0.2) is 42.4 Å². The minimum Gasteiger partial charge on any atom is -0.387 e. The summed E-state index contributed by atoms with van der Waals surface area (Å²) >= 11 is 0. The van der Waals surface area contributed by atoms with E-state index < -0.39 is 5.60 Å². The van der Waals surface area contributed by atoms with Gasteiger partial charge in [-0.15, -0.1) is 0 Å². The van der Waals surface area contributed by atoms with E-state index in [4.69, 9.17) is 0 Å². The summed E-state index contributed by atoms with van der Waals surface area (Å²) < 4.78 is 0. The molecule has 1 saturated heterocycles. The standard InChI is InChI=1S/C11H23N3O2/c1-8(2)9(3)14-10(15)13-7-11(16)4-5-12-6-11/h8-9,12,16H,4-7H2,1-3H3,(H2,13,14,15). The van der Waals surface area contributed by atoms with E-state index >= 15 is 0 Å². The van der Waals surface area contributed by atoms with Crippen molar-refractivity contribution < 1.29 is 9.90 Å². The zero-order valence-electron chi connectivity index (χ0n) is 10.3. The summed E-state index contributed by atoms with van der Waals surface area (Å²) in [5.74, 6) is 0.405. The first-order valence-corrected chi connectivity index (χ1v) is 5.90. The molecule has 94 valence electrons. The average molecular weight is 229 g/mol. The molecule has 4 N–H and O–H groups in total. The Bertz CT molecular complexity index is 237. The van der Waals surface area contributed by atoms with E-state index in [1.54, 1.807) is 0 Å². The molecule has 0 saturated carbocycles. The molecular weight excluding hydrogens is 206 g/mol. The maximum atomic E-state index is 11.5. The zero-order valence-corrected chi connectivity index (χ0v) is 10.3. The monoisotopic (exact) mass is 229 g/mol. The third kappa shape index (κ3) is 3.98. The van der Waals surface area contributed by atoms with Crippen molar-refractivity contribution in [2.24, 2.45) is 5.92 Å². The number of β-amino-alcohol motifs (C(OH)–C–C–N with tert-alkyl or cyclic N) is 1. The van der Waals surface area contributed by atoms with Gasteiger partial charge in [-0.25, -0.2) is 4.79 Å². The van der Waals surface area contributed by atoms with E-state index in [1.165, 1.54) is 0 Å². The van der Waals surface area contributed by atoms with Crippen molar-refractivity contribution in [3.63, 3.8) is 0 Å². The Labute approximate surface area is 97.0 Å². The Hall–Kier alpha value is -0.810. The number of aliphatic hydroxyl groups is 1. The predicted molar refractivity (Wildman–Crippen MR) is 63.3 cm³/mol. The van der Waals surface area contributed by atoms with E-state index in [0.29, 0.717) is 25.4 Å². The molecule has 1 aliphatic heterocycles. The molecule has 0 aromatic carbocycles. The van der Waals surface area contributed by atoms with Crippen LogP contribution < -0.4 is 16.0 Å². The summed E-state index contributed by atoms with van der Waals surface area (Å²) in [6.07, 6.45) is 0.688. The van der Waals surface area contributed by atoms with Crippen molar-refractivity contribution in [3.05, 3.63) is 0 Å². The number of amides is 2. The Kier molecular flexibility index (Phi) is 4.56. The average Bonchev–Trinajstić information content (AvgIpc) is 2.63. The molecule has 5 heteroatoms. The lowest BCUT2D eigenvalue weighted by molar-refractivity contribution is 0.0633. The van der Waals surface area contributed by atoms with Gasteiger partial charge in [-0.1, -0.05) is 13.8 Å². The van der Waals surface area contributed by atoms with Crippen molar-refractivity contribution >= 4 is 6.03 Å². The van der Waals surface area contributed by atoms with Crippen LogP contribution in [0.15, 0.2) is 0 Å². The molecule has 0 bridgehead atoms. The van der Waals surface area contributed by atoms with Gasteiger partial charge < -0.3 is 21.1 Å². The highest BCUT2D eigenvalue weighted by Crippen LogP contribution is 2.12. The first kappa shape index (κ1) is 13.3. The van der Waals surface area contributed by atoms with Crippen molar-refractivity contribution in [2.45, 2.75) is 38.8 Å². The number of carbonyl (C=O) groups excluding carboxylic acids is 1. The van der Waals surface area contributed by atoms with Gasteiger partial charge in [-0.05, 0) is 25.8 Å². The fraction of sp³-hybridized carbons (Fsp3) is 0.909. The van der Waals surface area contributed by atoms with Crippen molar-refractivity contribution in [3.8, 4) is 0 Å². The SMILES string of the molecule is CC(C)C(C)NC(=O)NCC1(O)CCNC1. The van der Waals surface area contributed by atoms with Crippen LogP contribution in [0.3, 0.4) is 0 Å². The van der Waals surface area contributed by atoms with Crippen molar-refractivity contribution in [1.29, 1.82) is 0 Å². The van der Waals surface area contributed by atoms with E-state index in [1.807, 2.05) is 6.92 Å². The van der Waals surface area contributed by atoms with Crippen LogP contribution in [0.4, 0.5) is 4.79 Å². The van der Waals surface area contributed by atoms with E-state index in [-0.39, 0.29) is 12.1 Å². The maximum Gasteiger partial charge on any atom is 0.315 e. The number of urea groups is 1. The van der Waals surface area contributed by atoms with Gasteiger partial charge in [0.2, 0.25) is 0 Å². The molecule has 0 spiro atoms. The lowest BCUT2D eigenvalue weighted by Gasteiger charge is -2.23. The topological polar surface area (TPSA) is 73.4 Å². The molecule has 5 nitrogen and oxygen atoms in total. The highest BCUT2D eigenvalue weighted by atomic mass is 16.3. The molecule has 1 aliphatic rings. The van der Waals surface area contributed by atoms with Gasteiger partial charge in [0.05, 0.1) is 5.60 Å². The summed E-state index contributed by atoms with van der Waals surface area (Å²) in [6.45, 7) is 7.74. The van der Waals surface area contributed by atoms with E-state index in [2.05, 4.69) is 29.8 Å². The highest BCUT2D eigenvalue weighted by molar-refractivity contribution is 5.74. The van der Waals surface area contributed by atoms with Crippen LogP contribution >= 0.6 is 0 Å². The van der Waals surface area contributed by atoms with Crippen LogP contribution in [0.1, 0.15) is 27.2 Å². The fourth-order valence-electron chi connectivity index (χ4n) is 1.55. The van der Waals surface area contributed by atoms with Crippen LogP contribution in [-0.2, 0) is 0 Å². The largest absolute Gasteiger partial charge is 0.387 e. The zero-order chi connectivity index (χ0) is 12.2. The lowest BCUT2D eigenvalue weighted by Crippen LogP contribution is -2.49.